The predicted molar refractivity (Wildman–Crippen MR) is 119 cm³/mol. The number of hydrogen-bond acceptors (Lipinski definition) is 5. The van der Waals surface area contributed by atoms with Gasteiger partial charge in [-0.1, -0.05) is 42.0 Å². The van der Waals surface area contributed by atoms with Crippen LogP contribution in [0.15, 0.2) is 65.1 Å². The van der Waals surface area contributed by atoms with Crippen LogP contribution in [-0.4, -0.2) is 70.7 Å². The van der Waals surface area contributed by atoms with E-state index in [1.165, 1.54) is 0 Å². The Kier molecular flexibility index (Phi) is 8.04. The average molecular weight is 431 g/mol. The third kappa shape index (κ3) is 6.15. The Morgan fingerprint density at radius 1 is 1.10 bits per heavy atom. The van der Waals surface area contributed by atoms with Gasteiger partial charge in [-0.3, -0.25) is 4.90 Å². The second-order valence-electron chi connectivity index (χ2n) is 7.37. The largest absolute Gasteiger partial charge is 0.497 e. The van der Waals surface area contributed by atoms with E-state index in [0.717, 1.165) is 24.2 Å². The molecule has 6 nitrogen and oxygen atoms in total. The van der Waals surface area contributed by atoms with Crippen molar-refractivity contribution in [3.8, 4) is 5.75 Å². The first kappa shape index (κ1) is 22.5. The molecule has 0 atom stereocenters. The SMILES string of the molecule is COc1ccc(S(=O)(=O)N(CCN2CCOCC2)C/C(C)=C/c2ccccc2)cc1. The van der Waals surface area contributed by atoms with Crippen LogP contribution in [0.2, 0.25) is 0 Å². The number of hydrogen-bond donors (Lipinski definition) is 0. The third-order valence-corrected chi connectivity index (χ3v) is 6.96. The molecule has 0 radical (unpaired) electrons. The van der Waals surface area contributed by atoms with E-state index in [1.54, 1.807) is 35.7 Å². The maximum atomic E-state index is 13.4. The smallest absolute Gasteiger partial charge is 0.243 e. The van der Waals surface area contributed by atoms with Gasteiger partial charge in [-0.2, -0.15) is 4.31 Å². The van der Waals surface area contributed by atoms with Crippen LogP contribution in [0.3, 0.4) is 0 Å². The summed E-state index contributed by atoms with van der Waals surface area (Å²) in [6.07, 6.45) is 2.03. The molecule has 0 bridgehead atoms. The highest BCUT2D eigenvalue weighted by Gasteiger charge is 2.25. The van der Waals surface area contributed by atoms with Gasteiger partial charge < -0.3 is 9.47 Å². The van der Waals surface area contributed by atoms with Crippen molar-refractivity contribution < 1.29 is 17.9 Å². The van der Waals surface area contributed by atoms with Gasteiger partial charge in [-0.15, -0.1) is 0 Å². The lowest BCUT2D eigenvalue weighted by Crippen LogP contribution is -2.43. The minimum Gasteiger partial charge on any atom is -0.497 e. The number of rotatable bonds is 9. The Labute approximate surface area is 179 Å². The molecule has 0 N–H and O–H groups in total. The summed E-state index contributed by atoms with van der Waals surface area (Å²) in [6, 6.07) is 16.5. The first-order valence-electron chi connectivity index (χ1n) is 10.2. The van der Waals surface area contributed by atoms with Gasteiger partial charge in [-0.25, -0.2) is 8.42 Å². The van der Waals surface area contributed by atoms with E-state index in [9.17, 15) is 8.42 Å². The number of benzene rings is 2. The molecule has 1 heterocycles. The fourth-order valence-corrected chi connectivity index (χ4v) is 4.89. The summed E-state index contributed by atoms with van der Waals surface area (Å²) in [7, 11) is -2.07. The topological polar surface area (TPSA) is 59.1 Å². The van der Waals surface area contributed by atoms with E-state index >= 15 is 0 Å². The zero-order chi connectivity index (χ0) is 21.4. The Hall–Kier alpha value is -2.19. The summed E-state index contributed by atoms with van der Waals surface area (Å²) in [5.41, 5.74) is 2.05. The normalized spacial score (nSPS) is 16.0. The van der Waals surface area contributed by atoms with Crippen LogP contribution in [0.1, 0.15) is 12.5 Å². The van der Waals surface area contributed by atoms with Crippen molar-refractivity contribution in [3.05, 3.63) is 65.7 Å². The molecule has 0 saturated carbocycles. The Bertz CT molecular complexity index is 921. The summed E-state index contributed by atoms with van der Waals surface area (Å²) in [5, 5.41) is 0. The van der Waals surface area contributed by atoms with E-state index in [-0.39, 0.29) is 4.90 Å². The first-order chi connectivity index (χ1) is 14.5. The van der Waals surface area contributed by atoms with Crippen molar-refractivity contribution in [2.75, 3.05) is 53.0 Å². The van der Waals surface area contributed by atoms with Crippen LogP contribution in [0.5, 0.6) is 5.75 Å². The van der Waals surface area contributed by atoms with Crippen molar-refractivity contribution in [2.45, 2.75) is 11.8 Å². The van der Waals surface area contributed by atoms with Crippen LogP contribution < -0.4 is 4.74 Å². The van der Waals surface area contributed by atoms with Crippen LogP contribution in [0, 0.1) is 0 Å². The molecule has 2 aromatic rings. The zero-order valence-electron chi connectivity index (χ0n) is 17.7. The van der Waals surface area contributed by atoms with Gasteiger partial charge in [0.25, 0.3) is 0 Å². The number of morpholine rings is 1. The zero-order valence-corrected chi connectivity index (χ0v) is 18.5. The predicted octanol–water partition coefficient (Wildman–Crippen LogP) is 3.12. The molecule has 1 aliphatic heterocycles. The van der Waals surface area contributed by atoms with Crippen molar-refractivity contribution >= 4 is 16.1 Å². The Morgan fingerprint density at radius 2 is 1.77 bits per heavy atom. The fraction of sp³-hybridized carbons (Fsp3) is 0.391. The number of nitrogens with zero attached hydrogens (tertiary/aromatic N) is 2. The molecule has 30 heavy (non-hydrogen) atoms. The highest BCUT2D eigenvalue weighted by molar-refractivity contribution is 7.89. The molecule has 3 rings (SSSR count). The van der Waals surface area contributed by atoms with Crippen molar-refractivity contribution in [2.24, 2.45) is 0 Å². The van der Waals surface area contributed by atoms with E-state index in [1.807, 2.05) is 43.3 Å². The molecule has 1 fully saturated rings. The minimum absolute atomic E-state index is 0.276. The van der Waals surface area contributed by atoms with E-state index < -0.39 is 10.0 Å². The second kappa shape index (κ2) is 10.7. The van der Waals surface area contributed by atoms with Gasteiger partial charge in [0.05, 0.1) is 25.2 Å². The van der Waals surface area contributed by atoms with Crippen LogP contribution >= 0.6 is 0 Å². The van der Waals surface area contributed by atoms with E-state index in [0.29, 0.717) is 38.6 Å². The molecular formula is C23H30N2O4S. The quantitative estimate of drug-likeness (QED) is 0.612. The molecule has 7 heteroatoms. The maximum Gasteiger partial charge on any atom is 0.243 e. The summed E-state index contributed by atoms with van der Waals surface area (Å²) in [4.78, 5) is 2.52. The molecule has 0 amide bonds. The van der Waals surface area contributed by atoms with Crippen molar-refractivity contribution in [3.63, 3.8) is 0 Å². The molecule has 0 aliphatic carbocycles. The van der Waals surface area contributed by atoms with E-state index in [4.69, 9.17) is 9.47 Å². The van der Waals surface area contributed by atoms with Gasteiger partial charge in [0, 0.05) is 32.7 Å². The Balaban J connectivity index is 1.80. The summed E-state index contributed by atoms with van der Waals surface area (Å²) in [6.45, 7) is 6.46. The lowest BCUT2D eigenvalue weighted by Gasteiger charge is -2.30. The maximum absolute atomic E-state index is 13.4. The lowest BCUT2D eigenvalue weighted by atomic mass is 10.1. The van der Waals surface area contributed by atoms with Crippen LogP contribution in [0.4, 0.5) is 0 Å². The highest BCUT2D eigenvalue weighted by atomic mass is 32.2. The van der Waals surface area contributed by atoms with Crippen molar-refractivity contribution in [1.82, 2.24) is 9.21 Å². The molecular weight excluding hydrogens is 400 g/mol. The van der Waals surface area contributed by atoms with Gasteiger partial charge >= 0.3 is 0 Å². The Morgan fingerprint density at radius 3 is 2.40 bits per heavy atom. The average Bonchev–Trinajstić information content (AvgIpc) is 2.78. The minimum atomic E-state index is -3.64. The second-order valence-corrected chi connectivity index (χ2v) is 9.31. The van der Waals surface area contributed by atoms with E-state index in [2.05, 4.69) is 4.90 Å². The molecule has 162 valence electrons. The van der Waals surface area contributed by atoms with Gasteiger partial charge in [0.15, 0.2) is 0 Å². The van der Waals surface area contributed by atoms with Gasteiger partial charge in [-0.05, 0) is 36.8 Å². The highest BCUT2D eigenvalue weighted by Crippen LogP contribution is 2.21. The number of methoxy groups -OCH3 is 1. The van der Waals surface area contributed by atoms with Crippen molar-refractivity contribution in [1.29, 1.82) is 0 Å². The molecule has 1 aliphatic rings. The molecule has 0 spiro atoms. The summed E-state index contributed by atoms with van der Waals surface area (Å²) in [5.74, 6) is 0.633. The molecule has 1 saturated heterocycles. The van der Waals surface area contributed by atoms with Gasteiger partial charge in [0.1, 0.15) is 5.75 Å². The standard InChI is InChI=1S/C23H30N2O4S/c1-20(18-21-6-4-3-5-7-21)19-25(13-12-24-14-16-29-17-15-24)30(26,27)23-10-8-22(28-2)9-11-23/h3-11,18H,12-17,19H2,1-2H3/b20-18+. The molecule has 2 aromatic carbocycles. The number of sulfonamides is 1. The summed E-state index contributed by atoms with van der Waals surface area (Å²) >= 11 is 0. The van der Waals surface area contributed by atoms with Gasteiger partial charge in [0.2, 0.25) is 10.0 Å². The molecule has 0 unspecified atom stereocenters. The first-order valence-corrected chi connectivity index (χ1v) is 11.6. The summed E-state index contributed by atoms with van der Waals surface area (Å²) < 4.78 is 38.9. The number of ether oxygens (including phenoxy) is 2. The monoisotopic (exact) mass is 430 g/mol. The fourth-order valence-electron chi connectivity index (χ4n) is 3.42. The lowest BCUT2D eigenvalue weighted by molar-refractivity contribution is 0.0365. The van der Waals surface area contributed by atoms with Crippen LogP contribution in [-0.2, 0) is 14.8 Å². The van der Waals surface area contributed by atoms with Crippen LogP contribution in [0.25, 0.3) is 6.08 Å². The molecule has 0 aromatic heterocycles. The third-order valence-electron chi connectivity index (χ3n) is 5.10.